The monoisotopic (exact) mass is 401 g/mol. The maximum absolute atomic E-state index is 12.7. The van der Waals surface area contributed by atoms with Crippen molar-refractivity contribution in [1.29, 1.82) is 0 Å². The van der Waals surface area contributed by atoms with Gasteiger partial charge in [0.15, 0.2) is 0 Å². The molecule has 0 radical (unpaired) electrons. The van der Waals surface area contributed by atoms with E-state index in [0.29, 0.717) is 10.9 Å². The molecule has 1 aliphatic carbocycles. The molecule has 5 rings (SSSR count). The average Bonchev–Trinajstić information content (AvgIpc) is 2.42. The lowest BCUT2D eigenvalue weighted by atomic mass is 9.66. The summed E-state index contributed by atoms with van der Waals surface area (Å²) in [6.07, 6.45) is -1.02. The lowest BCUT2D eigenvalue weighted by Gasteiger charge is -2.65. The molecule has 1 saturated carbocycles. The van der Waals surface area contributed by atoms with Crippen LogP contribution in [-0.4, -0.2) is 62.8 Å². The van der Waals surface area contributed by atoms with Gasteiger partial charge in [-0.3, -0.25) is 4.90 Å². The van der Waals surface area contributed by atoms with Crippen molar-refractivity contribution in [3.05, 3.63) is 23.5 Å². The molecular weight excluding hydrogens is 379 g/mol. The Hall–Kier alpha value is -1.03. The molecule has 148 valence electrons. The highest BCUT2D eigenvalue weighted by Crippen LogP contribution is 2.51. The van der Waals surface area contributed by atoms with E-state index in [2.05, 4.69) is 9.88 Å². The number of likely N-dealkylation sites (tertiary alicyclic amines) is 1. The van der Waals surface area contributed by atoms with Crippen molar-refractivity contribution in [3.63, 3.8) is 0 Å². The Morgan fingerprint density at radius 1 is 1.22 bits per heavy atom. The van der Waals surface area contributed by atoms with Crippen LogP contribution in [0.3, 0.4) is 0 Å². The zero-order valence-corrected chi connectivity index (χ0v) is 15.9. The Morgan fingerprint density at radius 2 is 1.89 bits per heavy atom. The lowest BCUT2D eigenvalue weighted by Crippen LogP contribution is -2.76. The summed E-state index contributed by atoms with van der Waals surface area (Å²) < 4.78 is 58.5. The highest BCUT2D eigenvalue weighted by Gasteiger charge is 2.59. The molecule has 4 heterocycles. The first-order valence-electron chi connectivity index (χ1n) is 9.29. The molecule has 4 aliphatic rings. The first-order chi connectivity index (χ1) is 12.7. The Morgan fingerprint density at radius 3 is 2.41 bits per heavy atom. The fourth-order valence-electron chi connectivity index (χ4n) is 4.89. The molecule has 0 bridgehead atoms. The van der Waals surface area contributed by atoms with Gasteiger partial charge in [-0.25, -0.2) is 13.5 Å². The summed E-state index contributed by atoms with van der Waals surface area (Å²) >= 11 is 0. The molecule has 1 aromatic rings. The summed E-state index contributed by atoms with van der Waals surface area (Å²) in [6, 6.07) is 2.83. The normalized spacial score (nSPS) is 33.9. The molecular formula is C18H22F3N3O2S. The van der Waals surface area contributed by atoms with Gasteiger partial charge in [-0.1, -0.05) is 0 Å². The number of aromatic nitrogens is 1. The van der Waals surface area contributed by atoms with Crippen molar-refractivity contribution in [1.82, 2.24) is 14.2 Å². The minimum Gasteiger partial charge on any atom is -0.375 e. The van der Waals surface area contributed by atoms with E-state index in [-0.39, 0.29) is 16.7 Å². The van der Waals surface area contributed by atoms with Crippen LogP contribution in [0.1, 0.15) is 30.7 Å². The maximum atomic E-state index is 12.7. The number of alkyl halides is 3. The van der Waals surface area contributed by atoms with Gasteiger partial charge in [0.05, 0.1) is 22.8 Å². The van der Waals surface area contributed by atoms with Gasteiger partial charge in [0.1, 0.15) is 16.7 Å². The number of hydrogen-bond acceptors (Lipinski definition) is 4. The zero-order valence-electron chi connectivity index (χ0n) is 15.1. The van der Waals surface area contributed by atoms with E-state index < -0.39 is 22.9 Å². The third-order valence-electron chi connectivity index (χ3n) is 6.55. The lowest BCUT2D eigenvalue weighted by molar-refractivity contribution is -0.237. The smallest absolute Gasteiger partial charge is 0.375 e. The second-order valence-corrected chi connectivity index (χ2v) is 10.0. The van der Waals surface area contributed by atoms with Crippen molar-refractivity contribution >= 4 is 11.0 Å². The molecule has 27 heavy (non-hydrogen) atoms. The molecule has 1 atom stereocenters. The van der Waals surface area contributed by atoms with Crippen molar-refractivity contribution in [2.45, 2.75) is 48.9 Å². The van der Waals surface area contributed by atoms with E-state index in [1.54, 1.807) is 0 Å². The summed E-state index contributed by atoms with van der Waals surface area (Å²) in [4.78, 5) is 6.46. The molecule has 0 aromatic carbocycles. The standard InChI is InChI=1S/C18H22F3N3O2S/c1-12-14(2-3-15(22-12)18(19,20)21)27(25)24-10-16(11-24)8-23(9-16)13-6-17(7-13)4-5-26-17/h2-3,13H,4-11H2,1H3. The number of nitrogens with zero attached hydrogens (tertiary/aromatic N) is 3. The largest absolute Gasteiger partial charge is 0.433 e. The molecule has 1 unspecified atom stereocenters. The maximum Gasteiger partial charge on any atom is 0.433 e. The summed E-state index contributed by atoms with van der Waals surface area (Å²) in [5, 5.41) is 0. The van der Waals surface area contributed by atoms with Crippen LogP contribution in [0.4, 0.5) is 13.2 Å². The van der Waals surface area contributed by atoms with Crippen LogP contribution in [-0.2, 0) is 21.9 Å². The molecule has 5 nitrogen and oxygen atoms in total. The predicted octanol–water partition coefficient (Wildman–Crippen LogP) is 2.37. The molecule has 3 saturated heterocycles. The fraction of sp³-hybridized carbons (Fsp3) is 0.722. The van der Waals surface area contributed by atoms with Gasteiger partial charge in [0.25, 0.3) is 0 Å². The van der Waals surface area contributed by atoms with Crippen LogP contribution in [0.25, 0.3) is 0 Å². The van der Waals surface area contributed by atoms with Crippen molar-refractivity contribution in [3.8, 4) is 0 Å². The van der Waals surface area contributed by atoms with E-state index in [9.17, 15) is 17.4 Å². The van der Waals surface area contributed by atoms with Crippen LogP contribution in [0.15, 0.2) is 17.0 Å². The van der Waals surface area contributed by atoms with Crippen LogP contribution < -0.4 is 0 Å². The van der Waals surface area contributed by atoms with E-state index in [1.165, 1.54) is 19.4 Å². The SMILES string of the molecule is Cc1nc(C(F)(F)F)ccc1S(=O)N1CC2(CN(C3CC4(CCO4)C3)C2)C1. The Kier molecular flexibility index (Phi) is 3.84. The Balaban J connectivity index is 1.15. The Bertz CT molecular complexity index is 790. The summed E-state index contributed by atoms with van der Waals surface area (Å²) in [5.41, 5.74) is -0.372. The van der Waals surface area contributed by atoms with Crippen molar-refractivity contribution in [2.24, 2.45) is 5.41 Å². The molecule has 0 amide bonds. The zero-order chi connectivity index (χ0) is 19.0. The van der Waals surface area contributed by atoms with Gasteiger partial charge < -0.3 is 4.74 Å². The molecule has 0 N–H and O–H groups in total. The van der Waals surface area contributed by atoms with E-state index >= 15 is 0 Å². The number of rotatable bonds is 3. The van der Waals surface area contributed by atoms with Crippen LogP contribution in [0, 0.1) is 12.3 Å². The van der Waals surface area contributed by atoms with Gasteiger partial charge in [-0.2, -0.15) is 13.2 Å². The van der Waals surface area contributed by atoms with Crippen molar-refractivity contribution < 1.29 is 22.1 Å². The van der Waals surface area contributed by atoms with E-state index in [1.807, 2.05) is 4.31 Å². The van der Waals surface area contributed by atoms with Gasteiger partial charge in [0.2, 0.25) is 0 Å². The van der Waals surface area contributed by atoms with E-state index in [4.69, 9.17) is 4.74 Å². The topological polar surface area (TPSA) is 45.7 Å². The minimum absolute atomic E-state index is 0.180. The quantitative estimate of drug-likeness (QED) is 0.780. The number of halogens is 3. The first kappa shape index (κ1) is 18.0. The second kappa shape index (κ2) is 5.75. The van der Waals surface area contributed by atoms with Crippen LogP contribution in [0.5, 0.6) is 0 Å². The first-order valence-corrected chi connectivity index (χ1v) is 10.4. The van der Waals surface area contributed by atoms with Crippen molar-refractivity contribution in [2.75, 3.05) is 32.8 Å². The summed E-state index contributed by atoms with van der Waals surface area (Å²) in [6.45, 7) is 5.88. The summed E-state index contributed by atoms with van der Waals surface area (Å²) in [7, 11) is -1.45. The third-order valence-corrected chi connectivity index (χ3v) is 8.08. The Labute approximate surface area is 158 Å². The molecule has 9 heteroatoms. The average molecular weight is 401 g/mol. The second-order valence-electron chi connectivity index (χ2n) is 8.57. The number of ether oxygens (including phenoxy) is 1. The van der Waals surface area contributed by atoms with Gasteiger partial charge in [-0.15, -0.1) is 0 Å². The molecule has 2 spiro atoms. The number of pyridine rings is 1. The predicted molar refractivity (Wildman–Crippen MR) is 92.3 cm³/mol. The van der Waals surface area contributed by atoms with Crippen LogP contribution >= 0.6 is 0 Å². The fourth-order valence-corrected chi connectivity index (χ4v) is 6.44. The highest BCUT2D eigenvalue weighted by molar-refractivity contribution is 7.82. The third kappa shape index (κ3) is 2.85. The van der Waals surface area contributed by atoms with E-state index in [0.717, 1.165) is 51.7 Å². The number of aryl methyl sites for hydroxylation is 1. The molecule has 3 aliphatic heterocycles. The van der Waals surface area contributed by atoms with Gasteiger partial charge in [0, 0.05) is 37.6 Å². The molecule has 4 fully saturated rings. The van der Waals surface area contributed by atoms with Gasteiger partial charge in [-0.05, 0) is 38.3 Å². The van der Waals surface area contributed by atoms with Gasteiger partial charge >= 0.3 is 6.18 Å². The molecule has 1 aromatic heterocycles. The summed E-state index contributed by atoms with van der Waals surface area (Å²) in [5.74, 6) is 0. The minimum atomic E-state index is -4.48. The van der Waals surface area contributed by atoms with Crippen LogP contribution in [0.2, 0.25) is 0 Å². The number of hydrogen-bond donors (Lipinski definition) is 0. The highest BCUT2D eigenvalue weighted by atomic mass is 32.2.